The van der Waals surface area contributed by atoms with E-state index in [0.29, 0.717) is 11.5 Å². The first-order valence-corrected chi connectivity index (χ1v) is 9.05. The maximum absolute atomic E-state index is 12.3. The molecule has 1 amide bonds. The van der Waals surface area contributed by atoms with Crippen LogP contribution in [0.5, 0.6) is 11.5 Å². The fourth-order valence-corrected chi connectivity index (χ4v) is 4.08. The Morgan fingerprint density at radius 3 is 2.61 bits per heavy atom. The van der Waals surface area contributed by atoms with Crippen LogP contribution in [0.3, 0.4) is 0 Å². The van der Waals surface area contributed by atoms with Gasteiger partial charge in [0.2, 0.25) is 5.91 Å². The summed E-state index contributed by atoms with van der Waals surface area (Å²) >= 11 is 1.65. The minimum Gasteiger partial charge on any atom is -0.493 e. The molecule has 23 heavy (non-hydrogen) atoms. The summed E-state index contributed by atoms with van der Waals surface area (Å²) in [5.74, 6) is 2.13. The van der Waals surface area contributed by atoms with Crippen molar-refractivity contribution in [2.45, 2.75) is 19.2 Å². The Bertz CT molecular complexity index is 535. The molecule has 1 saturated heterocycles. The van der Waals surface area contributed by atoms with E-state index in [1.165, 1.54) is 0 Å². The molecular weight excluding hydrogens is 312 g/mol. The van der Waals surface area contributed by atoms with Gasteiger partial charge in [0.15, 0.2) is 11.5 Å². The molecule has 1 aromatic rings. The SMILES string of the molecule is CCN(CC)CCN1C(=O)CSC1c1cccc(OC)c1OC. The van der Waals surface area contributed by atoms with Crippen molar-refractivity contribution < 1.29 is 14.3 Å². The maximum atomic E-state index is 12.3. The number of para-hydroxylation sites is 1. The van der Waals surface area contributed by atoms with Crippen LogP contribution in [0.1, 0.15) is 24.8 Å². The highest BCUT2D eigenvalue weighted by Crippen LogP contribution is 2.45. The fraction of sp³-hybridized carbons (Fsp3) is 0.588. The summed E-state index contributed by atoms with van der Waals surface area (Å²) in [6.07, 6.45) is 0. The van der Waals surface area contributed by atoms with E-state index in [0.717, 1.165) is 37.5 Å². The Kier molecular flexibility index (Phi) is 6.59. The molecule has 5 nitrogen and oxygen atoms in total. The molecule has 128 valence electrons. The second-order valence-electron chi connectivity index (χ2n) is 5.36. The van der Waals surface area contributed by atoms with E-state index >= 15 is 0 Å². The molecule has 1 atom stereocenters. The van der Waals surface area contributed by atoms with Crippen LogP contribution in [0.2, 0.25) is 0 Å². The number of benzene rings is 1. The van der Waals surface area contributed by atoms with Crippen molar-refractivity contribution in [2.75, 3.05) is 46.2 Å². The van der Waals surface area contributed by atoms with Gasteiger partial charge in [-0.15, -0.1) is 11.8 Å². The second kappa shape index (κ2) is 8.45. The summed E-state index contributed by atoms with van der Waals surface area (Å²) in [7, 11) is 3.27. The van der Waals surface area contributed by atoms with E-state index in [1.54, 1.807) is 26.0 Å². The summed E-state index contributed by atoms with van der Waals surface area (Å²) in [6, 6.07) is 5.84. The van der Waals surface area contributed by atoms with E-state index in [9.17, 15) is 4.79 Å². The lowest BCUT2D eigenvalue weighted by molar-refractivity contribution is -0.128. The largest absolute Gasteiger partial charge is 0.493 e. The Labute approximate surface area is 142 Å². The zero-order chi connectivity index (χ0) is 16.8. The minimum absolute atomic E-state index is 0.0110. The quantitative estimate of drug-likeness (QED) is 0.729. The highest BCUT2D eigenvalue weighted by Gasteiger charge is 2.35. The average molecular weight is 338 g/mol. The molecule has 0 radical (unpaired) electrons. The second-order valence-corrected chi connectivity index (χ2v) is 6.43. The number of thioether (sulfide) groups is 1. The zero-order valence-corrected chi connectivity index (χ0v) is 15.2. The smallest absolute Gasteiger partial charge is 0.233 e. The first-order chi connectivity index (χ1) is 11.2. The molecule has 0 spiro atoms. The van der Waals surface area contributed by atoms with Crippen molar-refractivity contribution in [1.82, 2.24) is 9.80 Å². The molecule has 1 unspecified atom stereocenters. The molecule has 0 aliphatic carbocycles. The molecule has 0 bridgehead atoms. The number of rotatable bonds is 8. The van der Waals surface area contributed by atoms with Crippen molar-refractivity contribution in [3.05, 3.63) is 23.8 Å². The number of amides is 1. The third-order valence-corrected chi connectivity index (χ3v) is 5.46. The van der Waals surface area contributed by atoms with Gasteiger partial charge in [-0.3, -0.25) is 4.79 Å². The summed E-state index contributed by atoms with van der Waals surface area (Å²) in [6.45, 7) is 7.91. The molecule has 1 aliphatic heterocycles. The molecule has 0 N–H and O–H groups in total. The summed E-state index contributed by atoms with van der Waals surface area (Å²) in [5, 5.41) is -0.0110. The monoisotopic (exact) mass is 338 g/mol. The van der Waals surface area contributed by atoms with E-state index in [-0.39, 0.29) is 11.3 Å². The number of ether oxygens (including phenoxy) is 2. The van der Waals surface area contributed by atoms with Gasteiger partial charge in [-0.25, -0.2) is 0 Å². The van der Waals surface area contributed by atoms with E-state index in [1.807, 2.05) is 23.1 Å². The Morgan fingerprint density at radius 1 is 1.26 bits per heavy atom. The lowest BCUT2D eigenvalue weighted by atomic mass is 10.1. The third kappa shape index (κ3) is 3.93. The van der Waals surface area contributed by atoms with Gasteiger partial charge >= 0.3 is 0 Å². The van der Waals surface area contributed by atoms with E-state index < -0.39 is 0 Å². The normalized spacial score (nSPS) is 17.9. The molecule has 6 heteroatoms. The average Bonchev–Trinajstić information content (AvgIpc) is 2.95. The van der Waals surface area contributed by atoms with Gasteiger partial charge in [0, 0.05) is 18.7 Å². The van der Waals surface area contributed by atoms with Gasteiger partial charge in [-0.2, -0.15) is 0 Å². The van der Waals surface area contributed by atoms with Crippen molar-refractivity contribution >= 4 is 17.7 Å². The zero-order valence-electron chi connectivity index (χ0n) is 14.4. The molecule has 1 aromatic carbocycles. The molecule has 1 aliphatic rings. The highest BCUT2D eigenvalue weighted by molar-refractivity contribution is 8.00. The molecular formula is C17H26N2O3S. The van der Waals surface area contributed by atoms with Crippen LogP contribution in [0.4, 0.5) is 0 Å². The van der Waals surface area contributed by atoms with Crippen LogP contribution in [0.15, 0.2) is 18.2 Å². The van der Waals surface area contributed by atoms with Crippen molar-refractivity contribution in [3.63, 3.8) is 0 Å². The first-order valence-electron chi connectivity index (χ1n) is 8.00. The van der Waals surface area contributed by atoms with Crippen LogP contribution < -0.4 is 9.47 Å². The molecule has 0 aromatic heterocycles. The van der Waals surface area contributed by atoms with Crippen LogP contribution in [0, 0.1) is 0 Å². The van der Waals surface area contributed by atoms with Gasteiger partial charge in [-0.1, -0.05) is 26.0 Å². The Balaban J connectivity index is 2.22. The van der Waals surface area contributed by atoms with Crippen molar-refractivity contribution in [3.8, 4) is 11.5 Å². The lowest BCUT2D eigenvalue weighted by Crippen LogP contribution is -2.37. The summed E-state index contributed by atoms with van der Waals surface area (Å²) < 4.78 is 10.9. The Morgan fingerprint density at radius 2 is 2.00 bits per heavy atom. The predicted octanol–water partition coefficient (Wildman–Crippen LogP) is 2.62. The number of nitrogens with zero attached hydrogens (tertiary/aromatic N) is 2. The molecule has 1 fully saturated rings. The number of hydrogen-bond donors (Lipinski definition) is 0. The molecule has 1 heterocycles. The van der Waals surface area contributed by atoms with Crippen molar-refractivity contribution in [1.29, 1.82) is 0 Å². The lowest BCUT2D eigenvalue weighted by Gasteiger charge is -2.28. The van der Waals surface area contributed by atoms with E-state index in [4.69, 9.17) is 9.47 Å². The number of methoxy groups -OCH3 is 2. The van der Waals surface area contributed by atoms with Gasteiger partial charge < -0.3 is 19.3 Å². The maximum Gasteiger partial charge on any atom is 0.233 e. The first kappa shape index (κ1) is 17.9. The topological polar surface area (TPSA) is 42.0 Å². The number of carbonyl (C=O) groups is 1. The van der Waals surface area contributed by atoms with Crippen LogP contribution in [-0.2, 0) is 4.79 Å². The van der Waals surface area contributed by atoms with Crippen LogP contribution >= 0.6 is 11.8 Å². The van der Waals surface area contributed by atoms with Gasteiger partial charge in [0.25, 0.3) is 0 Å². The number of carbonyl (C=O) groups excluding carboxylic acids is 1. The third-order valence-electron chi connectivity index (χ3n) is 4.22. The number of hydrogen-bond acceptors (Lipinski definition) is 5. The predicted molar refractivity (Wildman–Crippen MR) is 94.2 cm³/mol. The summed E-state index contributed by atoms with van der Waals surface area (Å²) in [4.78, 5) is 16.6. The van der Waals surface area contributed by atoms with Crippen LogP contribution in [-0.4, -0.2) is 61.9 Å². The fourth-order valence-electron chi connectivity index (χ4n) is 2.85. The Hall–Kier alpha value is -1.40. The number of likely N-dealkylation sites (N-methyl/N-ethyl adjacent to an activating group) is 1. The van der Waals surface area contributed by atoms with Crippen molar-refractivity contribution in [2.24, 2.45) is 0 Å². The van der Waals surface area contributed by atoms with Gasteiger partial charge in [-0.05, 0) is 19.2 Å². The standard InChI is InChI=1S/C17H26N2O3S/c1-5-18(6-2)10-11-19-15(20)12-23-17(19)13-8-7-9-14(21-3)16(13)22-4/h7-9,17H,5-6,10-12H2,1-4H3. The molecule has 2 rings (SSSR count). The molecule has 0 saturated carbocycles. The minimum atomic E-state index is -0.0110. The van der Waals surface area contributed by atoms with Crippen LogP contribution in [0.25, 0.3) is 0 Å². The highest BCUT2D eigenvalue weighted by atomic mass is 32.2. The van der Waals surface area contributed by atoms with Gasteiger partial charge in [0.05, 0.1) is 20.0 Å². The van der Waals surface area contributed by atoms with E-state index in [2.05, 4.69) is 18.7 Å². The van der Waals surface area contributed by atoms with Gasteiger partial charge in [0.1, 0.15) is 5.37 Å². The summed E-state index contributed by atoms with van der Waals surface area (Å²) in [5.41, 5.74) is 1.00.